The molecule has 16 heavy (non-hydrogen) atoms. The summed E-state index contributed by atoms with van der Waals surface area (Å²) in [6, 6.07) is 0. The van der Waals surface area contributed by atoms with Crippen molar-refractivity contribution in [2.45, 2.75) is 52.4 Å². The Bertz CT molecular complexity index is 159. The van der Waals surface area contributed by atoms with Gasteiger partial charge in [0.1, 0.15) is 0 Å². The Labute approximate surface area is 131 Å². The molecule has 0 aromatic heterocycles. The Morgan fingerprint density at radius 1 is 0.938 bits per heavy atom. The van der Waals surface area contributed by atoms with Gasteiger partial charge in [-0.25, -0.2) is 0 Å². The van der Waals surface area contributed by atoms with Crippen LogP contribution in [0, 0.1) is 0 Å². The minimum absolute atomic E-state index is 0. The molecule has 0 fully saturated rings. The summed E-state index contributed by atoms with van der Waals surface area (Å²) in [4.78, 5) is 19.0. The monoisotopic (exact) mass is 448 g/mol. The van der Waals surface area contributed by atoms with Crippen LogP contribution in [-0.2, 0) is 9.59 Å². The van der Waals surface area contributed by atoms with Crippen LogP contribution in [0.4, 0.5) is 0 Å². The van der Waals surface area contributed by atoms with Crippen molar-refractivity contribution < 1.29 is 19.8 Å². The average molecular weight is 446 g/mol. The second-order valence-electron chi connectivity index (χ2n) is 3.08. The van der Waals surface area contributed by atoms with E-state index >= 15 is 0 Å². The number of rotatable bonds is 6. The van der Waals surface area contributed by atoms with E-state index in [4.69, 9.17) is 15.0 Å². The van der Waals surface area contributed by atoms with Gasteiger partial charge in [-0.3, -0.25) is 9.59 Å². The molecule has 4 radical (unpaired) electrons. The fourth-order valence-electron chi connectivity index (χ4n) is 0.880. The van der Waals surface area contributed by atoms with Crippen molar-refractivity contribution in [3.8, 4) is 0 Å². The summed E-state index contributed by atoms with van der Waals surface area (Å²) in [6.07, 6.45) is 5.88. The first-order valence-corrected chi connectivity index (χ1v) is 4.92. The van der Waals surface area contributed by atoms with E-state index in [2.05, 4.69) is 6.92 Å². The molecule has 0 bridgehead atoms. The van der Waals surface area contributed by atoms with Gasteiger partial charge in [-0.2, -0.15) is 0 Å². The fraction of sp³-hybridized carbons (Fsp3) is 0.800. The molecule has 0 saturated carbocycles. The molecule has 0 spiro atoms. The molecule has 0 aliphatic rings. The van der Waals surface area contributed by atoms with Crippen molar-refractivity contribution in [2.75, 3.05) is 0 Å². The summed E-state index contributed by atoms with van der Waals surface area (Å²) < 4.78 is 0. The van der Waals surface area contributed by atoms with Gasteiger partial charge >= 0.3 is 53.8 Å². The molecule has 0 aliphatic heterocycles. The number of hydrogen-bond donors (Lipinski definition) is 2. The standard InChI is InChI=1S/C8H16O2.C2H4O2.2Sn.4H/c1-2-3-4-5-6-7-8(9)10;1-2(3)4;;;;;;/h2-7H2,1H3,(H,9,10);1H3,(H,3,4);;;;;;. The minimum atomic E-state index is -0.833. The second kappa shape index (κ2) is 20.9. The molecule has 0 aromatic carbocycles. The van der Waals surface area contributed by atoms with Crippen LogP contribution in [-0.4, -0.2) is 70.0 Å². The van der Waals surface area contributed by atoms with Crippen molar-refractivity contribution in [3.63, 3.8) is 0 Å². The van der Waals surface area contributed by atoms with Gasteiger partial charge in [0.25, 0.3) is 5.97 Å². The number of carboxylic acids is 2. The summed E-state index contributed by atoms with van der Waals surface area (Å²) in [5, 5.41) is 15.7. The first kappa shape index (κ1) is 25.4. The number of carboxylic acid groups (broad SMARTS) is 2. The van der Waals surface area contributed by atoms with E-state index in [-0.39, 0.29) is 47.8 Å². The Hall–Kier alpha value is 0.537. The zero-order valence-electron chi connectivity index (χ0n) is 10.4. The summed E-state index contributed by atoms with van der Waals surface area (Å²) in [5.74, 6) is -1.50. The van der Waals surface area contributed by atoms with Crippen LogP contribution < -0.4 is 0 Å². The summed E-state index contributed by atoms with van der Waals surface area (Å²) in [5.41, 5.74) is 0. The Kier molecular flexibility index (Phi) is 33.2. The zero-order chi connectivity index (χ0) is 11.4. The van der Waals surface area contributed by atoms with Gasteiger partial charge in [0.05, 0.1) is 0 Å². The quantitative estimate of drug-likeness (QED) is 0.466. The molecule has 96 valence electrons. The number of carbonyl (C=O) groups is 2. The summed E-state index contributed by atoms with van der Waals surface area (Å²) in [7, 11) is 0. The van der Waals surface area contributed by atoms with Crippen molar-refractivity contribution >= 4 is 59.8 Å². The number of aliphatic carboxylic acids is 2. The van der Waals surface area contributed by atoms with Crippen molar-refractivity contribution in [1.29, 1.82) is 0 Å². The van der Waals surface area contributed by atoms with Crippen LogP contribution in [0.15, 0.2) is 0 Å². The van der Waals surface area contributed by atoms with Crippen LogP contribution in [0.25, 0.3) is 0 Å². The van der Waals surface area contributed by atoms with E-state index in [0.717, 1.165) is 19.8 Å². The van der Waals surface area contributed by atoms with Gasteiger partial charge in [-0.05, 0) is 6.42 Å². The molecule has 0 amide bonds. The van der Waals surface area contributed by atoms with Gasteiger partial charge in [0, 0.05) is 13.3 Å². The molecule has 4 nitrogen and oxygen atoms in total. The molecule has 0 aliphatic carbocycles. The summed E-state index contributed by atoms with van der Waals surface area (Å²) in [6.45, 7) is 3.23. The van der Waals surface area contributed by atoms with Crippen LogP contribution in [0.2, 0.25) is 0 Å². The van der Waals surface area contributed by atoms with Gasteiger partial charge < -0.3 is 10.2 Å². The van der Waals surface area contributed by atoms with Crippen LogP contribution in [0.3, 0.4) is 0 Å². The third-order valence-corrected chi connectivity index (χ3v) is 1.49. The Balaban J connectivity index is -0.000000105. The molecular formula is C10H24O4Sn2. The topological polar surface area (TPSA) is 74.6 Å². The second-order valence-corrected chi connectivity index (χ2v) is 3.08. The first-order valence-electron chi connectivity index (χ1n) is 4.92. The number of hydrogen-bond acceptors (Lipinski definition) is 2. The van der Waals surface area contributed by atoms with Crippen LogP contribution in [0.1, 0.15) is 52.4 Å². The fourth-order valence-corrected chi connectivity index (χ4v) is 0.880. The van der Waals surface area contributed by atoms with Crippen LogP contribution in [0.5, 0.6) is 0 Å². The van der Waals surface area contributed by atoms with Crippen molar-refractivity contribution in [3.05, 3.63) is 0 Å². The first-order chi connectivity index (χ1) is 6.50. The normalized spacial score (nSPS) is 7.62. The number of unbranched alkanes of at least 4 members (excludes halogenated alkanes) is 4. The molecule has 0 aromatic rings. The van der Waals surface area contributed by atoms with E-state index in [1.807, 2.05) is 0 Å². The van der Waals surface area contributed by atoms with Gasteiger partial charge in [0.2, 0.25) is 0 Å². The molecule has 6 heteroatoms. The third-order valence-electron chi connectivity index (χ3n) is 1.49. The van der Waals surface area contributed by atoms with Crippen molar-refractivity contribution in [2.24, 2.45) is 0 Å². The van der Waals surface area contributed by atoms with Gasteiger partial charge in [-0.15, -0.1) is 0 Å². The average Bonchev–Trinajstić information content (AvgIpc) is 2.02. The Morgan fingerprint density at radius 3 is 1.62 bits per heavy atom. The molecule has 0 saturated heterocycles. The predicted octanol–water partition coefficient (Wildman–Crippen LogP) is 0.690. The maximum atomic E-state index is 10.0. The van der Waals surface area contributed by atoms with E-state index in [0.29, 0.717) is 6.42 Å². The van der Waals surface area contributed by atoms with E-state index in [9.17, 15) is 4.79 Å². The SMILES string of the molecule is CC(=O)O.CCCCCCCC(=O)O.[SnH2].[SnH2]. The Morgan fingerprint density at radius 2 is 1.31 bits per heavy atom. The van der Waals surface area contributed by atoms with Gasteiger partial charge in [0.15, 0.2) is 0 Å². The van der Waals surface area contributed by atoms with E-state index < -0.39 is 11.9 Å². The molecule has 0 heterocycles. The predicted molar refractivity (Wildman–Crippen MR) is 71.4 cm³/mol. The van der Waals surface area contributed by atoms with Gasteiger partial charge in [-0.1, -0.05) is 32.6 Å². The molecule has 0 unspecified atom stereocenters. The van der Waals surface area contributed by atoms with Crippen molar-refractivity contribution in [1.82, 2.24) is 0 Å². The molecule has 2 N–H and O–H groups in total. The molecule has 0 rings (SSSR count). The maximum absolute atomic E-state index is 10.0. The third kappa shape index (κ3) is 46.9. The van der Waals surface area contributed by atoms with E-state index in [1.165, 1.54) is 19.3 Å². The molecule has 0 atom stereocenters. The van der Waals surface area contributed by atoms with E-state index in [1.54, 1.807) is 0 Å². The summed E-state index contributed by atoms with van der Waals surface area (Å²) >= 11 is 0. The zero-order valence-corrected chi connectivity index (χ0v) is 18.4. The van der Waals surface area contributed by atoms with Crippen LogP contribution >= 0.6 is 0 Å². The molecular weight excluding hydrogens is 422 g/mol.